The van der Waals surface area contributed by atoms with Crippen LogP contribution >= 0.6 is 0 Å². The number of nitrogens with two attached hydrogens (primary N) is 1. The van der Waals surface area contributed by atoms with Crippen LogP contribution in [0, 0.1) is 0 Å². The molecule has 0 aliphatic carbocycles. The Balaban J connectivity index is 2.46. The molecule has 72 valence electrons. The molecule has 0 spiro atoms. The molecule has 0 radical (unpaired) electrons. The number of hydrogen-bond acceptors (Lipinski definition) is 2. The first-order valence-electron chi connectivity index (χ1n) is 5.25. The topological polar surface area (TPSA) is 29.3 Å². The second kappa shape index (κ2) is 4.83. The molecule has 0 amide bonds. The summed E-state index contributed by atoms with van der Waals surface area (Å²) in [6.07, 6.45) is 5.43. The van der Waals surface area contributed by atoms with E-state index < -0.39 is 0 Å². The standard InChI is InChI=1S/C10H22N2/c1-3-10-6-4-5-7-12(10)9(2)8-11/h9-10H,3-8,11H2,1-2H3/t9-,10+/m0/s1. The first-order chi connectivity index (χ1) is 5.79. The fraction of sp³-hybridized carbons (Fsp3) is 1.00. The highest BCUT2D eigenvalue weighted by Crippen LogP contribution is 2.21. The van der Waals surface area contributed by atoms with Gasteiger partial charge in [0.15, 0.2) is 0 Å². The molecule has 0 aromatic heterocycles. The molecule has 1 heterocycles. The van der Waals surface area contributed by atoms with Crippen molar-refractivity contribution >= 4 is 0 Å². The molecule has 1 rings (SSSR count). The second-order valence-electron chi connectivity index (χ2n) is 3.88. The molecule has 2 heteroatoms. The predicted molar refractivity (Wildman–Crippen MR) is 53.2 cm³/mol. The van der Waals surface area contributed by atoms with Gasteiger partial charge in [0.05, 0.1) is 0 Å². The van der Waals surface area contributed by atoms with Crippen LogP contribution in [-0.2, 0) is 0 Å². The van der Waals surface area contributed by atoms with Gasteiger partial charge in [-0.05, 0) is 32.7 Å². The van der Waals surface area contributed by atoms with Crippen LogP contribution in [0.15, 0.2) is 0 Å². The van der Waals surface area contributed by atoms with Gasteiger partial charge < -0.3 is 5.73 Å². The van der Waals surface area contributed by atoms with Crippen molar-refractivity contribution in [3.8, 4) is 0 Å². The Morgan fingerprint density at radius 3 is 2.83 bits per heavy atom. The van der Waals surface area contributed by atoms with E-state index in [1.165, 1.54) is 32.2 Å². The maximum atomic E-state index is 5.68. The molecule has 1 aliphatic heterocycles. The van der Waals surface area contributed by atoms with Crippen molar-refractivity contribution in [2.75, 3.05) is 13.1 Å². The molecular weight excluding hydrogens is 148 g/mol. The summed E-state index contributed by atoms with van der Waals surface area (Å²) in [5.41, 5.74) is 5.68. The van der Waals surface area contributed by atoms with E-state index in [0.717, 1.165) is 12.6 Å². The Kier molecular flexibility index (Phi) is 4.02. The van der Waals surface area contributed by atoms with Crippen LogP contribution < -0.4 is 5.73 Å². The van der Waals surface area contributed by atoms with E-state index in [1.54, 1.807) is 0 Å². The number of hydrogen-bond donors (Lipinski definition) is 1. The molecule has 12 heavy (non-hydrogen) atoms. The molecule has 1 aliphatic rings. The third-order valence-corrected chi connectivity index (χ3v) is 3.05. The van der Waals surface area contributed by atoms with E-state index in [-0.39, 0.29) is 0 Å². The van der Waals surface area contributed by atoms with Crippen molar-refractivity contribution < 1.29 is 0 Å². The number of piperidine rings is 1. The average molecular weight is 170 g/mol. The molecule has 2 nitrogen and oxygen atoms in total. The van der Waals surface area contributed by atoms with Crippen LogP contribution in [0.4, 0.5) is 0 Å². The summed E-state index contributed by atoms with van der Waals surface area (Å²) < 4.78 is 0. The maximum Gasteiger partial charge on any atom is 0.0193 e. The zero-order valence-electron chi connectivity index (χ0n) is 8.42. The van der Waals surface area contributed by atoms with Gasteiger partial charge in [0.1, 0.15) is 0 Å². The van der Waals surface area contributed by atoms with Gasteiger partial charge >= 0.3 is 0 Å². The first kappa shape index (κ1) is 10.0. The minimum Gasteiger partial charge on any atom is -0.329 e. The van der Waals surface area contributed by atoms with Crippen molar-refractivity contribution in [3.63, 3.8) is 0 Å². The normalized spacial score (nSPS) is 28.8. The lowest BCUT2D eigenvalue weighted by Gasteiger charge is -2.39. The largest absolute Gasteiger partial charge is 0.329 e. The van der Waals surface area contributed by atoms with Crippen LogP contribution in [0.3, 0.4) is 0 Å². The average Bonchev–Trinajstić information content (AvgIpc) is 2.16. The Labute approximate surface area is 76.1 Å². The smallest absolute Gasteiger partial charge is 0.0193 e. The molecule has 0 aromatic carbocycles. The Morgan fingerprint density at radius 1 is 1.50 bits per heavy atom. The lowest BCUT2D eigenvalue weighted by molar-refractivity contribution is 0.104. The van der Waals surface area contributed by atoms with E-state index in [9.17, 15) is 0 Å². The van der Waals surface area contributed by atoms with E-state index in [4.69, 9.17) is 5.73 Å². The van der Waals surface area contributed by atoms with Gasteiger partial charge in [-0.1, -0.05) is 13.3 Å². The molecule has 0 saturated carbocycles. The van der Waals surface area contributed by atoms with E-state index in [2.05, 4.69) is 18.7 Å². The van der Waals surface area contributed by atoms with Gasteiger partial charge in [-0.25, -0.2) is 0 Å². The summed E-state index contributed by atoms with van der Waals surface area (Å²) in [6, 6.07) is 1.38. The first-order valence-corrected chi connectivity index (χ1v) is 5.25. The fourth-order valence-electron chi connectivity index (χ4n) is 2.18. The Morgan fingerprint density at radius 2 is 2.25 bits per heavy atom. The summed E-state index contributed by atoms with van der Waals surface area (Å²) in [5, 5.41) is 0. The van der Waals surface area contributed by atoms with Crippen LogP contribution in [0.25, 0.3) is 0 Å². The maximum absolute atomic E-state index is 5.68. The molecule has 0 aromatic rings. The van der Waals surface area contributed by atoms with Gasteiger partial charge in [-0.3, -0.25) is 4.90 Å². The Bertz CT molecular complexity index is 125. The van der Waals surface area contributed by atoms with Gasteiger partial charge in [0, 0.05) is 18.6 Å². The zero-order valence-corrected chi connectivity index (χ0v) is 8.42. The van der Waals surface area contributed by atoms with Crippen LogP contribution in [0.2, 0.25) is 0 Å². The van der Waals surface area contributed by atoms with Gasteiger partial charge in [-0.2, -0.15) is 0 Å². The van der Waals surface area contributed by atoms with Crippen molar-refractivity contribution in [1.82, 2.24) is 4.90 Å². The summed E-state index contributed by atoms with van der Waals surface area (Å²) in [5.74, 6) is 0. The van der Waals surface area contributed by atoms with Crippen LogP contribution in [0.5, 0.6) is 0 Å². The van der Waals surface area contributed by atoms with E-state index in [1.807, 2.05) is 0 Å². The minimum atomic E-state index is 0.579. The highest BCUT2D eigenvalue weighted by Gasteiger charge is 2.23. The molecule has 0 bridgehead atoms. The van der Waals surface area contributed by atoms with Crippen molar-refractivity contribution in [1.29, 1.82) is 0 Å². The molecule has 1 fully saturated rings. The van der Waals surface area contributed by atoms with Crippen LogP contribution in [0.1, 0.15) is 39.5 Å². The number of rotatable bonds is 3. The van der Waals surface area contributed by atoms with Crippen molar-refractivity contribution in [3.05, 3.63) is 0 Å². The molecule has 2 N–H and O–H groups in total. The summed E-state index contributed by atoms with van der Waals surface area (Å²) >= 11 is 0. The zero-order chi connectivity index (χ0) is 8.97. The van der Waals surface area contributed by atoms with E-state index >= 15 is 0 Å². The molecule has 2 atom stereocenters. The fourth-order valence-corrected chi connectivity index (χ4v) is 2.18. The van der Waals surface area contributed by atoms with Gasteiger partial charge in [-0.15, -0.1) is 0 Å². The molecule has 1 saturated heterocycles. The second-order valence-corrected chi connectivity index (χ2v) is 3.88. The quantitative estimate of drug-likeness (QED) is 0.697. The number of nitrogens with zero attached hydrogens (tertiary/aromatic N) is 1. The Hall–Kier alpha value is -0.0800. The summed E-state index contributed by atoms with van der Waals surface area (Å²) in [4.78, 5) is 2.59. The van der Waals surface area contributed by atoms with Gasteiger partial charge in [0.25, 0.3) is 0 Å². The lowest BCUT2D eigenvalue weighted by atomic mass is 9.98. The van der Waals surface area contributed by atoms with Gasteiger partial charge in [0.2, 0.25) is 0 Å². The molecule has 0 unspecified atom stereocenters. The molecular formula is C10H22N2. The lowest BCUT2D eigenvalue weighted by Crippen LogP contribution is -2.47. The third kappa shape index (κ3) is 2.20. The highest BCUT2D eigenvalue weighted by molar-refractivity contribution is 4.80. The van der Waals surface area contributed by atoms with Crippen LogP contribution in [-0.4, -0.2) is 30.1 Å². The van der Waals surface area contributed by atoms with Crippen molar-refractivity contribution in [2.45, 2.75) is 51.6 Å². The number of likely N-dealkylation sites (tertiary alicyclic amines) is 1. The SMILES string of the molecule is CC[C@@H]1CCCCN1[C@@H](C)CN. The third-order valence-electron chi connectivity index (χ3n) is 3.05. The highest BCUT2D eigenvalue weighted by atomic mass is 15.2. The monoisotopic (exact) mass is 170 g/mol. The predicted octanol–water partition coefficient (Wildman–Crippen LogP) is 1.60. The summed E-state index contributed by atoms with van der Waals surface area (Å²) in [7, 11) is 0. The summed E-state index contributed by atoms with van der Waals surface area (Å²) in [6.45, 7) is 6.59. The van der Waals surface area contributed by atoms with E-state index in [0.29, 0.717) is 6.04 Å². The minimum absolute atomic E-state index is 0.579. The van der Waals surface area contributed by atoms with Crippen molar-refractivity contribution in [2.24, 2.45) is 5.73 Å².